The van der Waals surface area contributed by atoms with Crippen molar-refractivity contribution in [1.82, 2.24) is 4.90 Å². The van der Waals surface area contributed by atoms with E-state index in [1.807, 2.05) is 30.3 Å². The van der Waals surface area contributed by atoms with Crippen LogP contribution in [0, 0.1) is 0 Å². The smallest absolute Gasteiger partial charge is 0.321 e. The number of halogens is 1. The van der Waals surface area contributed by atoms with Gasteiger partial charge in [0.1, 0.15) is 0 Å². The Morgan fingerprint density at radius 3 is 2.47 bits per heavy atom. The molecule has 5 N–H and O–H groups in total. The monoisotopic (exact) mass is 427 g/mol. The molecule has 0 bridgehead atoms. The van der Waals surface area contributed by atoms with Gasteiger partial charge in [-0.2, -0.15) is 4.99 Å². The van der Waals surface area contributed by atoms with Crippen molar-refractivity contribution in [3.63, 3.8) is 0 Å². The van der Waals surface area contributed by atoms with E-state index in [0.717, 1.165) is 18.4 Å². The van der Waals surface area contributed by atoms with Gasteiger partial charge in [-0.3, -0.25) is 4.79 Å². The number of carbonyl (C=O) groups is 2. The van der Waals surface area contributed by atoms with Crippen molar-refractivity contribution in [2.75, 3.05) is 18.4 Å². The van der Waals surface area contributed by atoms with E-state index in [4.69, 9.17) is 23.1 Å². The maximum absolute atomic E-state index is 12.9. The Bertz CT molecular complexity index is 913. The summed E-state index contributed by atoms with van der Waals surface area (Å²) in [7, 11) is 0. The lowest BCUT2D eigenvalue weighted by atomic mass is 9.71. The summed E-state index contributed by atoms with van der Waals surface area (Å²) in [5.41, 5.74) is 12.1. The molecule has 0 radical (unpaired) electrons. The number of guanidine groups is 1. The first-order valence-electron chi connectivity index (χ1n) is 9.87. The first-order valence-corrected chi connectivity index (χ1v) is 10.3. The molecule has 3 amide bonds. The van der Waals surface area contributed by atoms with Crippen molar-refractivity contribution >= 4 is 35.2 Å². The highest BCUT2D eigenvalue weighted by atomic mass is 35.5. The first-order chi connectivity index (χ1) is 14.4. The van der Waals surface area contributed by atoms with E-state index in [9.17, 15) is 9.59 Å². The second-order valence-electron chi connectivity index (χ2n) is 7.54. The van der Waals surface area contributed by atoms with E-state index < -0.39 is 0 Å². The van der Waals surface area contributed by atoms with Gasteiger partial charge in [0.25, 0.3) is 0 Å². The number of likely N-dealkylation sites (tertiary alicyclic amines) is 1. The minimum absolute atomic E-state index is 0.173. The largest absolute Gasteiger partial charge is 0.370 e. The molecular weight excluding hydrogens is 402 g/mol. The van der Waals surface area contributed by atoms with E-state index in [1.54, 1.807) is 29.2 Å². The van der Waals surface area contributed by atoms with Crippen molar-refractivity contribution in [2.45, 2.75) is 31.1 Å². The highest BCUT2D eigenvalue weighted by Gasteiger charge is 2.38. The van der Waals surface area contributed by atoms with E-state index >= 15 is 0 Å². The van der Waals surface area contributed by atoms with Crippen LogP contribution in [0.25, 0.3) is 0 Å². The average molecular weight is 428 g/mol. The van der Waals surface area contributed by atoms with Crippen LogP contribution >= 0.6 is 11.6 Å². The van der Waals surface area contributed by atoms with Gasteiger partial charge < -0.3 is 21.7 Å². The Hall–Kier alpha value is -3.06. The summed E-state index contributed by atoms with van der Waals surface area (Å²) in [6.07, 6.45) is 2.47. The molecule has 1 atom stereocenters. The van der Waals surface area contributed by atoms with Crippen molar-refractivity contribution in [3.05, 3.63) is 65.2 Å². The highest BCUT2D eigenvalue weighted by molar-refractivity contribution is 6.30. The number of nitrogens with two attached hydrogens (primary N) is 2. The van der Waals surface area contributed by atoms with E-state index in [0.29, 0.717) is 30.2 Å². The summed E-state index contributed by atoms with van der Waals surface area (Å²) in [5.74, 6) is -0.589. The number of aliphatic imine (C=N–C) groups is 1. The summed E-state index contributed by atoms with van der Waals surface area (Å²) in [4.78, 5) is 30.5. The number of nitrogens with one attached hydrogen (secondary N) is 1. The predicted molar refractivity (Wildman–Crippen MR) is 119 cm³/mol. The topological polar surface area (TPSA) is 114 Å². The molecule has 2 aromatic carbocycles. The van der Waals surface area contributed by atoms with Crippen LogP contribution in [0.1, 0.15) is 31.2 Å². The van der Waals surface area contributed by atoms with Crippen LogP contribution in [0.3, 0.4) is 0 Å². The zero-order chi connectivity index (χ0) is 21.6. The standard InChI is InChI=1S/C22H26ClN5O2/c23-17-7-9-18(10-8-17)26-21(30)28-14-4-12-22(15-28,16-5-2-1-3-6-16)13-11-19(29)27-20(24)25/h1-3,5-10H,4,11-15H2,(H,26,30)(H4,24,25,27,29). The maximum atomic E-state index is 12.9. The molecule has 1 aliphatic rings. The van der Waals surface area contributed by atoms with Crippen LogP contribution in [-0.2, 0) is 10.2 Å². The fraction of sp³-hybridized carbons (Fsp3) is 0.318. The summed E-state index contributed by atoms with van der Waals surface area (Å²) >= 11 is 5.92. The van der Waals surface area contributed by atoms with Gasteiger partial charge in [0.15, 0.2) is 5.96 Å². The van der Waals surface area contributed by atoms with Gasteiger partial charge in [-0.15, -0.1) is 0 Å². The summed E-state index contributed by atoms with van der Waals surface area (Å²) in [6.45, 7) is 1.15. The molecule has 30 heavy (non-hydrogen) atoms. The predicted octanol–water partition coefficient (Wildman–Crippen LogP) is 3.49. The minimum atomic E-state index is -0.354. The molecule has 0 aliphatic carbocycles. The minimum Gasteiger partial charge on any atom is -0.370 e. The number of nitrogens with zero attached hydrogens (tertiary/aromatic N) is 2. The Kier molecular flexibility index (Phi) is 6.95. The fourth-order valence-corrected chi connectivity index (χ4v) is 4.09. The maximum Gasteiger partial charge on any atom is 0.321 e. The lowest BCUT2D eigenvalue weighted by Gasteiger charge is -2.43. The third-order valence-electron chi connectivity index (χ3n) is 5.42. The molecule has 158 valence electrons. The second kappa shape index (κ2) is 9.63. The molecule has 1 unspecified atom stereocenters. The molecule has 2 aromatic rings. The first kappa shape index (κ1) is 21.6. The molecule has 0 spiro atoms. The number of benzene rings is 2. The zero-order valence-corrected chi connectivity index (χ0v) is 17.4. The van der Waals surface area contributed by atoms with Crippen LogP contribution < -0.4 is 16.8 Å². The third kappa shape index (κ3) is 5.51. The normalized spacial score (nSPS) is 18.5. The van der Waals surface area contributed by atoms with Crippen LogP contribution in [0.15, 0.2) is 59.6 Å². The summed E-state index contributed by atoms with van der Waals surface area (Å²) in [6, 6.07) is 16.8. The number of anilines is 1. The van der Waals surface area contributed by atoms with Gasteiger partial charge in [0.05, 0.1) is 0 Å². The molecular formula is C22H26ClN5O2. The lowest BCUT2D eigenvalue weighted by Crippen LogP contribution is -2.50. The summed E-state index contributed by atoms with van der Waals surface area (Å²) in [5, 5.41) is 3.54. The highest BCUT2D eigenvalue weighted by Crippen LogP contribution is 2.38. The molecule has 3 rings (SSSR count). The average Bonchev–Trinajstić information content (AvgIpc) is 2.74. The number of hydrogen-bond donors (Lipinski definition) is 3. The van der Waals surface area contributed by atoms with Crippen LogP contribution in [-0.4, -0.2) is 35.9 Å². The molecule has 1 heterocycles. The third-order valence-corrected chi connectivity index (χ3v) is 5.67. The van der Waals surface area contributed by atoms with Crippen molar-refractivity contribution in [3.8, 4) is 0 Å². The number of urea groups is 1. The van der Waals surface area contributed by atoms with Gasteiger partial charge in [-0.1, -0.05) is 41.9 Å². The van der Waals surface area contributed by atoms with E-state index in [1.165, 1.54) is 0 Å². The molecule has 0 aromatic heterocycles. The van der Waals surface area contributed by atoms with Crippen LogP contribution in [0.2, 0.25) is 5.02 Å². The lowest BCUT2D eigenvalue weighted by molar-refractivity contribution is -0.118. The number of hydrogen-bond acceptors (Lipinski definition) is 2. The van der Waals surface area contributed by atoms with Crippen molar-refractivity contribution in [2.24, 2.45) is 16.5 Å². The molecule has 0 saturated carbocycles. The number of amides is 3. The number of rotatable bonds is 5. The fourth-order valence-electron chi connectivity index (χ4n) is 3.96. The van der Waals surface area contributed by atoms with Crippen molar-refractivity contribution in [1.29, 1.82) is 0 Å². The van der Waals surface area contributed by atoms with E-state index in [-0.39, 0.29) is 29.7 Å². The molecule has 1 aliphatic heterocycles. The van der Waals surface area contributed by atoms with Gasteiger partial charge in [0.2, 0.25) is 5.91 Å². The Balaban J connectivity index is 1.78. The molecule has 1 fully saturated rings. The molecule has 7 nitrogen and oxygen atoms in total. The molecule has 1 saturated heterocycles. The van der Waals surface area contributed by atoms with Crippen LogP contribution in [0.5, 0.6) is 0 Å². The molecule has 8 heteroatoms. The van der Waals surface area contributed by atoms with Gasteiger partial charge in [0, 0.05) is 35.6 Å². The van der Waals surface area contributed by atoms with Gasteiger partial charge >= 0.3 is 6.03 Å². The Morgan fingerprint density at radius 2 is 1.80 bits per heavy atom. The summed E-state index contributed by atoms with van der Waals surface area (Å²) < 4.78 is 0. The Morgan fingerprint density at radius 1 is 1.10 bits per heavy atom. The number of piperidine rings is 1. The second-order valence-corrected chi connectivity index (χ2v) is 7.98. The Labute approximate surface area is 181 Å². The van der Waals surface area contributed by atoms with Gasteiger partial charge in [-0.25, -0.2) is 4.79 Å². The SMILES string of the molecule is NC(N)=NC(=O)CCC1(c2ccccc2)CCCN(C(=O)Nc2ccc(Cl)cc2)C1. The van der Waals surface area contributed by atoms with E-state index in [2.05, 4.69) is 10.3 Å². The van der Waals surface area contributed by atoms with Crippen LogP contribution in [0.4, 0.5) is 10.5 Å². The number of carbonyl (C=O) groups excluding carboxylic acids is 2. The van der Waals surface area contributed by atoms with Gasteiger partial charge in [-0.05, 0) is 49.1 Å². The van der Waals surface area contributed by atoms with Crippen molar-refractivity contribution < 1.29 is 9.59 Å². The quantitative estimate of drug-likeness (QED) is 0.500. The zero-order valence-electron chi connectivity index (χ0n) is 16.7.